The van der Waals surface area contributed by atoms with Crippen LogP contribution in [0.5, 0.6) is 46.0 Å². The number of benzene rings is 15. The van der Waals surface area contributed by atoms with Crippen molar-refractivity contribution in [2.75, 3.05) is 0 Å². The summed E-state index contributed by atoms with van der Waals surface area (Å²) in [5.74, 6) is -0.968. The lowest BCUT2D eigenvalue weighted by molar-refractivity contribution is -0.432. The van der Waals surface area contributed by atoms with Gasteiger partial charge < -0.3 is 18.9 Å². The van der Waals surface area contributed by atoms with E-state index in [4.69, 9.17) is 47.4 Å². The summed E-state index contributed by atoms with van der Waals surface area (Å²) in [4.78, 5) is 65.5. The van der Waals surface area contributed by atoms with Gasteiger partial charge >= 0.3 is 24.7 Å². The van der Waals surface area contributed by atoms with Crippen LogP contribution in [0.1, 0.15) is 113 Å². The van der Waals surface area contributed by atoms with Crippen molar-refractivity contribution in [2.24, 2.45) is 0 Å². The molecule has 31 heteroatoms. The summed E-state index contributed by atoms with van der Waals surface area (Å²) in [7, 11) is -4.56. The standard InChI is InChI=1S/C62H42F6O11S2.C41H24Cl2F6O4/c1-37-3-6-41(7-4-37)57(69)43-17-25-49(26-18-43)76-51-29-21-47(22-30-51)60(61(63,64)65,62(66,67)68)48-23-31-52(32-24-48)77-50-27-19-44(20-28-50)58(70)42-13-9-39(10-14-42)46-8-5-38(2)55(35-46)59(71)45-15-11-40(12-16-45)54-34-33-53(81(73,74)75)36-56(54)80-79-78-72;42-31-13-1-25(2-14-31)37(50)27-5-17-33(18-6-27)52-35-21-9-29(10-22-35)39(40(44,45)46,41(47,48)49)30-11-23-36(24-12-30)53-34-19-7-28(8-20-34)38(51)26-3-15-32(43)16-4-26/h3-36,72H,1-2H3,(H,73,74,75);1-24H. The second-order valence-electron chi connectivity index (χ2n) is 30.2. The SMILES string of the molecule is Cc1ccc(C(=O)c2ccc(Oc3ccc(C(c4ccc(Oc5ccc(C(=O)c6ccc(-c7ccc(C)c(C(=O)c8ccc(-c9ccc(S(=O)(=O)O)cc9SOOO)cc8)c7)cc6)cc5)cc4)(C(F)(F)F)C(F)(F)F)cc3)cc2)cc1.O=C(c1ccc(Cl)cc1)c1ccc(Oc2ccc(C(c3ccc(Oc4ccc(C(=O)c5ccc(Cl)cc5)cc4)cc3)(C(F)(F)F)C(F)(F)F)cc2)cc1. The number of ketones is 5. The third-order valence-corrected chi connectivity index (χ3v) is 23.6. The fraction of sp³-hybridized carbons (Fsp3) is 0.0777. The van der Waals surface area contributed by atoms with E-state index in [-0.39, 0.29) is 85.4 Å². The molecule has 0 amide bonds. The van der Waals surface area contributed by atoms with Gasteiger partial charge in [-0.2, -0.15) is 61.1 Å². The van der Waals surface area contributed by atoms with Gasteiger partial charge in [0.15, 0.2) is 28.9 Å². The molecule has 0 aliphatic carbocycles. The number of alkyl halides is 12. The zero-order chi connectivity index (χ0) is 95.8. The van der Waals surface area contributed by atoms with Crippen molar-refractivity contribution in [3.8, 4) is 68.2 Å². The van der Waals surface area contributed by atoms with Crippen LogP contribution in [-0.4, -0.2) is 71.8 Å². The van der Waals surface area contributed by atoms with E-state index in [2.05, 4.69) is 9.37 Å². The molecule has 15 nitrogen and oxygen atoms in total. The van der Waals surface area contributed by atoms with Gasteiger partial charge in [-0.15, -0.1) is 4.33 Å². The van der Waals surface area contributed by atoms with Gasteiger partial charge in [0.2, 0.25) is 10.8 Å². The van der Waals surface area contributed by atoms with Crippen molar-refractivity contribution < 1.29 is 123 Å². The average molecular weight is 1910 g/mol. The Bertz CT molecular complexity index is 6740. The Labute approximate surface area is 771 Å². The molecule has 0 spiro atoms. The highest BCUT2D eigenvalue weighted by Gasteiger charge is 2.74. The maximum atomic E-state index is 15.0. The highest BCUT2D eigenvalue weighted by atomic mass is 35.5. The molecule has 0 saturated heterocycles. The molecule has 0 aliphatic heterocycles. The first-order valence-electron chi connectivity index (χ1n) is 39.9. The lowest BCUT2D eigenvalue weighted by Gasteiger charge is -2.38. The number of rotatable bonds is 28. The van der Waals surface area contributed by atoms with E-state index in [0.717, 1.165) is 60.2 Å². The molecule has 0 aromatic heterocycles. The van der Waals surface area contributed by atoms with Crippen LogP contribution in [0.2, 0.25) is 10.0 Å². The summed E-state index contributed by atoms with van der Waals surface area (Å²) in [6.07, 6.45) is -23.3. The second kappa shape index (κ2) is 39.6. The minimum atomic E-state index is -5.86. The van der Waals surface area contributed by atoms with Crippen LogP contribution >= 0.6 is 35.2 Å². The van der Waals surface area contributed by atoms with Crippen LogP contribution in [0, 0.1) is 13.8 Å². The smallest absolute Gasteiger partial charge is 0.411 e. The maximum Gasteiger partial charge on any atom is 0.411 e. The lowest BCUT2D eigenvalue weighted by atomic mass is 9.73. The Morgan fingerprint density at radius 1 is 0.299 bits per heavy atom. The lowest BCUT2D eigenvalue weighted by Crippen LogP contribution is -2.54. The van der Waals surface area contributed by atoms with E-state index in [9.17, 15) is 63.3 Å². The minimum absolute atomic E-state index is 0.0339. The number of halogens is 14. The maximum absolute atomic E-state index is 15.0. The molecule has 0 saturated carbocycles. The molecule has 0 heterocycles. The van der Waals surface area contributed by atoms with E-state index in [1.165, 1.54) is 109 Å². The predicted molar refractivity (Wildman–Crippen MR) is 478 cm³/mol. The van der Waals surface area contributed by atoms with Crippen LogP contribution in [0.25, 0.3) is 22.3 Å². The quantitative estimate of drug-likeness (QED) is 0.0116. The van der Waals surface area contributed by atoms with E-state index in [1.54, 1.807) is 140 Å². The van der Waals surface area contributed by atoms with Crippen molar-refractivity contribution in [3.05, 3.63) is 451 Å². The Balaban J connectivity index is 0.000000235. The van der Waals surface area contributed by atoms with Crippen molar-refractivity contribution in [2.45, 2.75) is 59.2 Å². The van der Waals surface area contributed by atoms with Crippen LogP contribution in [-0.2, 0) is 30.3 Å². The second-order valence-corrected chi connectivity index (χ2v) is 33.2. The summed E-state index contributed by atoms with van der Waals surface area (Å²) in [6.45, 7) is 3.67. The molecular formula is C103H66Cl2F12O15S2. The number of carbonyl (C=O) groups is 5. The van der Waals surface area contributed by atoms with E-state index < -0.39 is 72.8 Å². The summed E-state index contributed by atoms with van der Waals surface area (Å²) in [5.41, 5.74) is -5.66. The Kier molecular flexibility index (Phi) is 28.3. The molecule has 0 unspecified atom stereocenters. The van der Waals surface area contributed by atoms with Crippen LogP contribution in [0.4, 0.5) is 52.7 Å². The highest BCUT2D eigenvalue weighted by molar-refractivity contribution is 7.94. The third-order valence-electron chi connectivity index (χ3n) is 21.6. The predicted octanol–water partition coefficient (Wildman–Crippen LogP) is 28.5. The molecule has 15 rings (SSSR count). The molecule has 0 atom stereocenters. The summed E-state index contributed by atoms with van der Waals surface area (Å²) >= 11 is 12.2. The zero-order valence-electron chi connectivity index (χ0n) is 69.3. The molecule has 15 aromatic rings. The van der Waals surface area contributed by atoms with Crippen LogP contribution in [0.3, 0.4) is 0 Å². The van der Waals surface area contributed by atoms with Gasteiger partial charge in [-0.25, -0.2) is 5.26 Å². The van der Waals surface area contributed by atoms with Crippen molar-refractivity contribution in [1.29, 1.82) is 0 Å². The highest BCUT2D eigenvalue weighted by Crippen LogP contribution is 2.59. The molecule has 15 aromatic carbocycles. The molecule has 678 valence electrons. The van der Waals surface area contributed by atoms with Gasteiger partial charge in [-0.3, -0.25) is 28.5 Å². The van der Waals surface area contributed by atoms with Crippen LogP contribution < -0.4 is 18.9 Å². The van der Waals surface area contributed by atoms with Gasteiger partial charge in [0.1, 0.15) is 46.0 Å². The molecule has 0 radical (unpaired) electrons. The van der Waals surface area contributed by atoms with Crippen LogP contribution in [0.15, 0.2) is 362 Å². The molecule has 0 aliphatic rings. The number of carbonyl (C=O) groups excluding carboxylic acids is 5. The summed E-state index contributed by atoms with van der Waals surface area (Å²) in [5, 5.41) is 13.3. The van der Waals surface area contributed by atoms with Crippen molar-refractivity contribution in [1.82, 2.24) is 0 Å². The Morgan fingerprint density at radius 2 is 0.545 bits per heavy atom. The monoisotopic (exact) mass is 1900 g/mol. The first-order chi connectivity index (χ1) is 63.7. The van der Waals surface area contributed by atoms with E-state index in [0.29, 0.717) is 149 Å². The van der Waals surface area contributed by atoms with Crippen molar-refractivity contribution in [3.63, 3.8) is 0 Å². The largest absolute Gasteiger partial charge is 0.457 e. The molecule has 2 N–H and O–H groups in total. The van der Waals surface area contributed by atoms with Gasteiger partial charge in [0.05, 0.1) is 16.9 Å². The molecule has 0 fully saturated rings. The third kappa shape index (κ3) is 21.1. The molecule has 134 heavy (non-hydrogen) atoms. The number of hydrogen-bond donors (Lipinski definition) is 2. The van der Waals surface area contributed by atoms with E-state index in [1.807, 2.05) is 13.0 Å². The van der Waals surface area contributed by atoms with Gasteiger partial charge in [0.25, 0.3) is 10.1 Å². The first kappa shape index (κ1) is 95.8. The number of aryl methyl sites for hydroxylation is 2. The average Bonchev–Trinajstić information content (AvgIpc) is 0.718. The first-order valence-corrected chi connectivity index (χ1v) is 42.8. The van der Waals surface area contributed by atoms with E-state index >= 15 is 26.3 Å². The Hall–Kier alpha value is -14.3. The topological polar surface area (TPSA) is 215 Å². The zero-order valence-corrected chi connectivity index (χ0v) is 72.4. The van der Waals surface area contributed by atoms with Gasteiger partial charge in [-0.1, -0.05) is 173 Å². The van der Waals surface area contributed by atoms with Crippen molar-refractivity contribution >= 4 is 74.3 Å². The fourth-order valence-electron chi connectivity index (χ4n) is 14.7. The summed E-state index contributed by atoms with van der Waals surface area (Å²) in [6, 6.07) is 78.7. The molecule has 0 bridgehead atoms. The van der Waals surface area contributed by atoms with Gasteiger partial charge in [-0.05, 0) is 276 Å². The minimum Gasteiger partial charge on any atom is -0.457 e. The summed E-state index contributed by atoms with van der Waals surface area (Å²) < 4.78 is 239. The number of ether oxygens (including phenoxy) is 4. The Morgan fingerprint density at radius 3 is 0.821 bits per heavy atom. The fourth-order valence-corrected chi connectivity index (χ4v) is 16.1. The normalized spacial score (nSPS) is 12.0. The number of hydrogen-bond acceptors (Lipinski definition) is 15. The van der Waals surface area contributed by atoms with Gasteiger partial charge in [0, 0.05) is 70.6 Å². The molecular weight excluding hydrogens is 1840 g/mol.